The highest BCUT2D eigenvalue weighted by atomic mass is 16.5. The Kier molecular flexibility index (Phi) is 5.40. The molecule has 0 atom stereocenters. The van der Waals surface area contributed by atoms with E-state index in [1.807, 2.05) is 0 Å². The molecule has 0 radical (unpaired) electrons. The molecule has 1 aliphatic carbocycles. The van der Waals surface area contributed by atoms with Crippen molar-refractivity contribution in [3.63, 3.8) is 0 Å². The Labute approximate surface area is 119 Å². The van der Waals surface area contributed by atoms with Gasteiger partial charge < -0.3 is 19.5 Å². The average Bonchev–Trinajstić information content (AvgIpc) is 2.52. The van der Waals surface area contributed by atoms with Crippen LogP contribution < -0.4 is 14.4 Å². The van der Waals surface area contributed by atoms with Crippen LogP contribution >= 0.6 is 0 Å². The summed E-state index contributed by atoms with van der Waals surface area (Å²) in [4.78, 5) is 10.9. The monoisotopic (exact) mass is 281 g/mol. The van der Waals surface area contributed by atoms with Gasteiger partial charge in [0.25, 0.3) is 0 Å². The number of ether oxygens (including phenoxy) is 2. The molecular weight excluding hydrogens is 258 g/mol. The second kappa shape index (κ2) is 7.28. The van der Waals surface area contributed by atoms with Crippen molar-refractivity contribution in [3.05, 3.63) is 6.07 Å². The molecule has 0 bridgehead atoms. The first-order chi connectivity index (χ1) is 9.78. The smallest absolute Gasteiger partial charge is 0.232 e. The summed E-state index contributed by atoms with van der Waals surface area (Å²) >= 11 is 0. The molecule has 0 amide bonds. The van der Waals surface area contributed by atoms with E-state index in [0.29, 0.717) is 30.3 Å². The highest BCUT2D eigenvalue weighted by Crippen LogP contribution is 2.27. The Morgan fingerprint density at radius 1 is 1.15 bits per heavy atom. The van der Waals surface area contributed by atoms with Crippen molar-refractivity contribution in [2.45, 2.75) is 38.1 Å². The van der Waals surface area contributed by atoms with E-state index in [4.69, 9.17) is 9.47 Å². The van der Waals surface area contributed by atoms with E-state index < -0.39 is 0 Å². The molecule has 112 valence electrons. The summed E-state index contributed by atoms with van der Waals surface area (Å²) in [7, 11) is 3.14. The summed E-state index contributed by atoms with van der Waals surface area (Å²) in [5.41, 5.74) is 0. The summed E-state index contributed by atoms with van der Waals surface area (Å²) in [5, 5.41) is 9.32. The number of aliphatic hydroxyl groups is 1. The fourth-order valence-corrected chi connectivity index (χ4v) is 2.68. The Morgan fingerprint density at radius 2 is 1.75 bits per heavy atom. The number of aliphatic hydroxyl groups excluding tert-OH is 1. The molecule has 1 saturated carbocycles. The molecule has 6 heteroatoms. The standard InChI is InChI=1S/C14H23N3O3/c1-19-12-10-13(20-2)16-14(15-12)17(8-9-18)11-6-4-3-5-7-11/h10-11,18H,3-9H2,1-2H3. The highest BCUT2D eigenvalue weighted by Gasteiger charge is 2.24. The van der Waals surface area contributed by atoms with E-state index in [1.54, 1.807) is 20.3 Å². The molecule has 0 unspecified atom stereocenters. The Hall–Kier alpha value is -1.56. The Bertz CT molecular complexity index is 400. The molecule has 0 saturated heterocycles. The zero-order valence-corrected chi connectivity index (χ0v) is 12.2. The topological polar surface area (TPSA) is 67.7 Å². The molecule has 0 aromatic carbocycles. The molecule has 2 rings (SSSR count). The molecule has 0 spiro atoms. The molecule has 6 nitrogen and oxygen atoms in total. The SMILES string of the molecule is COc1cc(OC)nc(N(CCO)C2CCCCC2)n1. The molecule has 0 aliphatic heterocycles. The van der Waals surface area contributed by atoms with Gasteiger partial charge in [-0.1, -0.05) is 19.3 Å². The van der Waals surface area contributed by atoms with Crippen molar-refractivity contribution in [1.82, 2.24) is 9.97 Å². The van der Waals surface area contributed by atoms with Crippen LogP contribution in [0.15, 0.2) is 6.07 Å². The second-order valence-electron chi connectivity index (χ2n) is 4.96. The van der Waals surface area contributed by atoms with E-state index in [9.17, 15) is 5.11 Å². The molecular formula is C14H23N3O3. The minimum atomic E-state index is 0.0827. The van der Waals surface area contributed by atoms with Crippen LogP contribution in [0.4, 0.5) is 5.95 Å². The van der Waals surface area contributed by atoms with Crippen LogP contribution in [0.2, 0.25) is 0 Å². The number of methoxy groups -OCH3 is 2. The molecule has 1 aromatic rings. The van der Waals surface area contributed by atoms with E-state index in [0.717, 1.165) is 12.8 Å². The lowest BCUT2D eigenvalue weighted by Crippen LogP contribution is -2.40. The van der Waals surface area contributed by atoms with Crippen LogP contribution in [-0.4, -0.2) is 48.5 Å². The van der Waals surface area contributed by atoms with Crippen LogP contribution in [0, 0.1) is 0 Å². The number of anilines is 1. The minimum absolute atomic E-state index is 0.0827. The van der Waals surface area contributed by atoms with Gasteiger partial charge in [0.15, 0.2) is 0 Å². The van der Waals surface area contributed by atoms with Crippen molar-refractivity contribution in [1.29, 1.82) is 0 Å². The van der Waals surface area contributed by atoms with E-state index in [-0.39, 0.29) is 6.61 Å². The Balaban J connectivity index is 2.27. The van der Waals surface area contributed by atoms with Gasteiger partial charge >= 0.3 is 0 Å². The van der Waals surface area contributed by atoms with Crippen LogP contribution in [-0.2, 0) is 0 Å². The molecule has 1 N–H and O–H groups in total. The number of hydrogen-bond donors (Lipinski definition) is 1. The van der Waals surface area contributed by atoms with Crippen molar-refractivity contribution >= 4 is 5.95 Å². The fraction of sp³-hybridized carbons (Fsp3) is 0.714. The summed E-state index contributed by atoms with van der Waals surface area (Å²) in [5.74, 6) is 1.53. The fourth-order valence-electron chi connectivity index (χ4n) is 2.68. The maximum Gasteiger partial charge on any atom is 0.232 e. The van der Waals surface area contributed by atoms with Gasteiger partial charge in [-0.3, -0.25) is 0 Å². The summed E-state index contributed by atoms with van der Waals surface area (Å²) < 4.78 is 10.4. The molecule has 1 fully saturated rings. The lowest BCUT2D eigenvalue weighted by Gasteiger charge is -2.34. The summed E-state index contributed by atoms with van der Waals surface area (Å²) in [6.07, 6.45) is 5.94. The maximum absolute atomic E-state index is 9.32. The third kappa shape index (κ3) is 3.50. The predicted molar refractivity (Wildman–Crippen MR) is 76.4 cm³/mol. The quantitative estimate of drug-likeness (QED) is 0.854. The lowest BCUT2D eigenvalue weighted by atomic mass is 9.94. The van der Waals surface area contributed by atoms with Gasteiger partial charge in [0.05, 0.1) is 26.9 Å². The highest BCUT2D eigenvalue weighted by molar-refractivity contribution is 5.38. The van der Waals surface area contributed by atoms with Gasteiger partial charge in [0, 0.05) is 12.6 Å². The molecule has 1 aromatic heterocycles. The van der Waals surface area contributed by atoms with Gasteiger partial charge in [-0.2, -0.15) is 9.97 Å². The van der Waals surface area contributed by atoms with Gasteiger partial charge in [-0.05, 0) is 12.8 Å². The van der Waals surface area contributed by atoms with Crippen LogP contribution in [0.25, 0.3) is 0 Å². The predicted octanol–water partition coefficient (Wildman–Crippen LogP) is 1.63. The number of hydrogen-bond acceptors (Lipinski definition) is 6. The first kappa shape index (κ1) is 14.8. The zero-order chi connectivity index (χ0) is 14.4. The van der Waals surface area contributed by atoms with Crippen LogP contribution in [0.3, 0.4) is 0 Å². The van der Waals surface area contributed by atoms with Gasteiger partial charge in [0.1, 0.15) is 0 Å². The summed E-state index contributed by atoms with van der Waals surface area (Å²) in [6, 6.07) is 2.04. The van der Waals surface area contributed by atoms with Gasteiger partial charge in [-0.25, -0.2) is 0 Å². The van der Waals surface area contributed by atoms with E-state index in [1.165, 1.54) is 19.3 Å². The number of rotatable bonds is 6. The minimum Gasteiger partial charge on any atom is -0.481 e. The van der Waals surface area contributed by atoms with E-state index >= 15 is 0 Å². The third-order valence-electron chi connectivity index (χ3n) is 3.70. The maximum atomic E-state index is 9.32. The third-order valence-corrected chi connectivity index (χ3v) is 3.70. The largest absolute Gasteiger partial charge is 0.481 e. The van der Waals surface area contributed by atoms with E-state index in [2.05, 4.69) is 14.9 Å². The molecule has 20 heavy (non-hydrogen) atoms. The van der Waals surface area contributed by atoms with Crippen molar-refractivity contribution in [2.24, 2.45) is 0 Å². The van der Waals surface area contributed by atoms with Gasteiger partial charge in [0.2, 0.25) is 17.7 Å². The first-order valence-electron chi connectivity index (χ1n) is 7.13. The van der Waals surface area contributed by atoms with Crippen LogP contribution in [0.1, 0.15) is 32.1 Å². The van der Waals surface area contributed by atoms with Crippen LogP contribution in [0.5, 0.6) is 11.8 Å². The first-order valence-corrected chi connectivity index (χ1v) is 7.13. The second-order valence-corrected chi connectivity index (χ2v) is 4.96. The summed E-state index contributed by atoms with van der Waals surface area (Å²) in [6.45, 7) is 0.611. The van der Waals surface area contributed by atoms with Gasteiger partial charge in [-0.15, -0.1) is 0 Å². The lowest BCUT2D eigenvalue weighted by molar-refractivity contribution is 0.287. The normalized spacial score (nSPS) is 15.9. The molecule has 1 heterocycles. The van der Waals surface area contributed by atoms with Crippen molar-refractivity contribution in [3.8, 4) is 11.8 Å². The molecule has 1 aliphatic rings. The Morgan fingerprint density at radius 3 is 2.25 bits per heavy atom. The average molecular weight is 281 g/mol. The zero-order valence-electron chi connectivity index (χ0n) is 12.2. The van der Waals surface area contributed by atoms with Crippen molar-refractivity contribution in [2.75, 3.05) is 32.3 Å². The number of aromatic nitrogens is 2. The number of nitrogens with zero attached hydrogens (tertiary/aromatic N) is 3. The van der Waals surface area contributed by atoms with Crippen molar-refractivity contribution < 1.29 is 14.6 Å².